The molecule has 0 saturated heterocycles. The molecule has 0 aliphatic heterocycles. The SMILES string of the molecule is COc1cccc(C(CNC(=O)CCCOc2ccc(F)cc2)c2c[nH]c3ccccc23)c1OC. The van der Waals surface area contributed by atoms with E-state index in [1.54, 1.807) is 26.4 Å². The Hall–Kier alpha value is -4.00. The number of fused-ring (bicyclic) bond motifs is 1. The summed E-state index contributed by atoms with van der Waals surface area (Å²) >= 11 is 0. The smallest absolute Gasteiger partial charge is 0.220 e. The van der Waals surface area contributed by atoms with Gasteiger partial charge in [-0.15, -0.1) is 0 Å². The second-order valence-electron chi connectivity index (χ2n) is 8.13. The second kappa shape index (κ2) is 11.4. The van der Waals surface area contributed by atoms with Crippen molar-refractivity contribution in [3.63, 3.8) is 0 Å². The number of nitrogens with one attached hydrogen (secondary N) is 2. The Morgan fingerprint density at radius 2 is 1.77 bits per heavy atom. The monoisotopic (exact) mass is 476 g/mol. The summed E-state index contributed by atoms with van der Waals surface area (Å²) in [5, 5.41) is 4.16. The van der Waals surface area contributed by atoms with Gasteiger partial charge in [-0.2, -0.15) is 0 Å². The average molecular weight is 477 g/mol. The zero-order chi connectivity index (χ0) is 24.6. The minimum atomic E-state index is -0.311. The lowest BCUT2D eigenvalue weighted by Gasteiger charge is -2.22. The van der Waals surface area contributed by atoms with Crippen molar-refractivity contribution in [1.29, 1.82) is 0 Å². The van der Waals surface area contributed by atoms with Crippen LogP contribution in [0.15, 0.2) is 72.9 Å². The first-order valence-corrected chi connectivity index (χ1v) is 11.5. The van der Waals surface area contributed by atoms with Crippen LogP contribution in [0.3, 0.4) is 0 Å². The lowest BCUT2D eigenvalue weighted by atomic mass is 9.89. The molecular weight excluding hydrogens is 447 g/mol. The summed E-state index contributed by atoms with van der Waals surface area (Å²) in [6.45, 7) is 0.762. The van der Waals surface area contributed by atoms with E-state index in [0.29, 0.717) is 43.2 Å². The van der Waals surface area contributed by atoms with Crippen molar-refractivity contribution in [3.05, 3.63) is 89.9 Å². The van der Waals surface area contributed by atoms with Crippen LogP contribution in [0, 0.1) is 5.82 Å². The van der Waals surface area contributed by atoms with Crippen LogP contribution in [-0.4, -0.2) is 38.3 Å². The van der Waals surface area contributed by atoms with Crippen LogP contribution in [-0.2, 0) is 4.79 Å². The summed E-state index contributed by atoms with van der Waals surface area (Å²) in [6, 6.07) is 19.7. The summed E-state index contributed by atoms with van der Waals surface area (Å²) in [5.74, 6) is 1.33. The molecule has 1 atom stereocenters. The highest BCUT2D eigenvalue weighted by atomic mass is 19.1. The largest absolute Gasteiger partial charge is 0.494 e. The fraction of sp³-hybridized carbons (Fsp3) is 0.250. The minimum absolute atomic E-state index is 0.0700. The van der Waals surface area contributed by atoms with E-state index in [-0.39, 0.29) is 17.6 Å². The minimum Gasteiger partial charge on any atom is -0.494 e. The molecule has 4 rings (SSSR count). The van der Waals surface area contributed by atoms with Crippen molar-refractivity contribution in [1.82, 2.24) is 10.3 Å². The Kier molecular flexibility index (Phi) is 7.88. The number of methoxy groups -OCH3 is 2. The van der Waals surface area contributed by atoms with Gasteiger partial charge < -0.3 is 24.5 Å². The number of amides is 1. The molecule has 7 heteroatoms. The second-order valence-corrected chi connectivity index (χ2v) is 8.13. The van der Waals surface area contributed by atoms with Crippen LogP contribution in [0.25, 0.3) is 10.9 Å². The fourth-order valence-corrected chi connectivity index (χ4v) is 4.21. The van der Waals surface area contributed by atoms with E-state index in [1.807, 2.05) is 42.6 Å². The number of hydrogen-bond donors (Lipinski definition) is 2. The zero-order valence-corrected chi connectivity index (χ0v) is 19.8. The number of rotatable bonds is 11. The van der Waals surface area contributed by atoms with Crippen LogP contribution in [0.2, 0.25) is 0 Å². The Bertz CT molecular complexity index is 1270. The third kappa shape index (κ3) is 5.74. The number of halogens is 1. The topological polar surface area (TPSA) is 72.6 Å². The third-order valence-electron chi connectivity index (χ3n) is 5.94. The average Bonchev–Trinajstić information content (AvgIpc) is 3.31. The molecule has 182 valence electrons. The van der Waals surface area contributed by atoms with Crippen LogP contribution < -0.4 is 19.5 Å². The lowest BCUT2D eigenvalue weighted by molar-refractivity contribution is -0.121. The van der Waals surface area contributed by atoms with E-state index in [1.165, 1.54) is 12.1 Å². The van der Waals surface area contributed by atoms with E-state index in [4.69, 9.17) is 14.2 Å². The van der Waals surface area contributed by atoms with Crippen molar-refractivity contribution in [3.8, 4) is 17.2 Å². The molecule has 1 aromatic heterocycles. The maximum Gasteiger partial charge on any atom is 0.220 e. The molecule has 4 aromatic rings. The predicted octanol–water partition coefficient (Wildman–Crippen LogP) is 5.43. The number of hydrogen-bond acceptors (Lipinski definition) is 4. The van der Waals surface area contributed by atoms with Crippen LogP contribution in [0.1, 0.15) is 29.9 Å². The molecule has 1 amide bonds. The van der Waals surface area contributed by atoms with Crippen LogP contribution >= 0.6 is 0 Å². The van der Waals surface area contributed by atoms with E-state index < -0.39 is 0 Å². The highest BCUT2D eigenvalue weighted by molar-refractivity contribution is 5.84. The van der Waals surface area contributed by atoms with Crippen molar-refractivity contribution in [2.75, 3.05) is 27.4 Å². The Labute approximate surface area is 204 Å². The number of carbonyl (C=O) groups is 1. The van der Waals surface area contributed by atoms with Gasteiger partial charge >= 0.3 is 0 Å². The van der Waals surface area contributed by atoms with Crippen LogP contribution in [0.4, 0.5) is 4.39 Å². The normalized spacial score (nSPS) is 11.7. The van der Waals surface area contributed by atoms with E-state index in [9.17, 15) is 9.18 Å². The molecule has 0 fully saturated rings. The van der Waals surface area contributed by atoms with Crippen molar-refractivity contribution in [2.24, 2.45) is 0 Å². The molecule has 0 bridgehead atoms. The Morgan fingerprint density at radius 1 is 0.971 bits per heavy atom. The van der Waals surface area contributed by atoms with Gasteiger partial charge in [0.1, 0.15) is 11.6 Å². The molecule has 2 N–H and O–H groups in total. The zero-order valence-electron chi connectivity index (χ0n) is 19.8. The lowest BCUT2D eigenvalue weighted by Crippen LogP contribution is -2.29. The molecule has 1 heterocycles. The maximum atomic E-state index is 13.0. The van der Waals surface area contributed by atoms with Crippen molar-refractivity contribution < 1.29 is 23.4 Å². The maximum absolute atomic E-state index is 13.0. The number of aromatic nitrogens is 1. The first kappa shape index (κ1) is 24.1. The Morgan fingerprint density at radius 3 is 2.54 bits per heavy atom. The molecule has 3 aromatic carbocycles. The van der Waals surface area contributed by atoms with Gasteiger partial charge in [0.2, 0.25) is 5.91 Å². The van der Waals surface area contributed by atoms with Gasteiger partial charge in [-0.1, -0.05) is 30.3 Å². The van der Waals surface area contributed by atoms with Crippen molar-refractivity contribution >= 4 is 16.8 Å². The van der Waals surface area contributed by atoms with Crippen molar-refractivity contribution in [2.45, 2.75) is 18.8 Å². The fourth-order valence-electron chi connectivity index (χ4n) is 4.21. The van der Waals surface area contributed by atoms with Gasteiger partial charge in [0.25, 0.3) is 0 Å². The predicted molar refractivity (Wildman–Crippen MR) is 134 cm³/mol. The molecule has 35 heavy (non-hydrogen) atoms. The molecular formula is C28H29FN2O4. The number of para-hydroxylation sites is 2. The van der Waals surface area contributed by atoms with Gasteiger partial charge in [-0.05, 0) is 48.4 Å². The number of benzene rings is 3. The number of ether oxygens (including phenoxy) is 3. The Balaban J connectivity index is 1.46. The van der Waals surface area contributed by atoms with Crippen LogP contribution in [0.5, 0.6) is 17.2 Å². The summed E-state index contributed by atoms with van der Waals surface area (Å²) in [4.78, 5) is 16.0. The molecule has 0 radical (unpaired) electrons. The highest BCUT2D eigenvalue weighted by Gasteiger charge is 2.24. The summed E-state index contributed by atoms with van der Waals surface area (Å²) in [7, 11) is 3.23. The van der Waals surface area contributed by atoms with E-state index >= 15 is 0 Å². The highest BCUT2D eigenvalue weighted by Crippen LogP contribution is 2.40. The van der Waals surface area contributed by atoms with E-state index in [2.05, 4.69) is 16.4 Å². The van der Waals surface area contributed by atoms with Gasteiger partial charge in [-0.25, -0.2) is 4.39 Å². The first-order chi connectivity index (χ1) is 17.1. The standard InChI is InChI=1S/C28H29FN2O4/c1-33-26-10-5-8-22(28(26)34-2)24(23-17-30-25-9-4-3-7-21(23)25)18-31-27(32)11-6-16-35-20-14-12-19(29)13-15-20/h3-5,7-10,12-15,17,24,30H,6,11,16,18H2,1-2H3,(H,31,32). The molecule has 6 nitrogen and oxygen atoms in total. The molecule has 0 spiro atoms. The summed E-state index contributed by atoms with van der Waals surface area (Å²) in [5.41, 5.74) is 3.02. The number of carbonyl (C=O) groups excluding carboxylic acids is 1. The molecule has 0 aliphatic carbocycles. The van der Waals surface area contributed by atoms with Gasteiger partial charge in [0, 0.05) is 41.5 Å². The molecule has 1 unspecified atom stereocenters. The third-order valence-corrected chi connectivity index (χ3v) is 5.94. The number of aromatic amines is 1. The molecule has 0 saturated carbocycles. The van der Waals surface area contributed by atoms with Gasteiger partial charge in [0.05, 0.1) is 20.8 Å². The van der Waals surface area contributed by atoms with Gasteiger partial charge in [-0.3, -0.25) is 4.79 Å². The molecule has 0 aliphatic rings. The van der Waals surface area contributed by atoms with E-state index in [0.717, 1.165) is 22.0 Å². The summed E-state index contributed by atoms with van der Waals surface area (Å²) < 4.78 is 29.8. The van der Waals surface area contributed by atoms with Gasteiger partial charge in [0.15, 0.2) is 11.5 Å². The first-order valence-electron chi connectivity index (χ1n) is 11.5. The summed E-state index contributed by atoms with van der Waals surface area (Å²) in [6.07, 6.45) is 2.84. The number of H-pyrrole nitrogens is 1. The quantitative estimate of drug-likeness (QED) is 0.283.